The van der Waals surface area contributed by atoms with Crippen molar-refractivity contribution >= 4 is 27.3 Å². The van der Waals surface area contributed by atoms with Crippen LogP contribution in [-0.2, 0) is 23.1 Å². The van der Waals surface area contributed by atoms with Gasteiger partial charge in [0.2, 0.25) is 10.0 Å². The van der Waals surface area contributed by atoms with Crippen molar-refractivity contribution in [3.05, 3.63) is 76.4 Å². The lowest BCUT2D eigenvalue weighted by Crippen LogP contribution is -2.29. The summed E-state index contributed by atoms with van der Waals surface area (Å²) in [5.41, 5.74) is 1.33. The third-order valence-corrected chi connectivity index (χ3v) is 6.74. The maximum atomic E-state index is 13.0. The highest BCUT2D eigenvalue weighted by Gasteiger charge is 2.20. The molecular formula is C19H20N2O4S2. The highest BCUT2D eigenvalue weighted by atomic mass is 32.2. The maximum absolute atomic E-state index is 13.0. The second-order valence-electron chi connectivity index (χ2n) is 6.18. The zero-order valence-corrected chi connectivity index (χ0v) is 16.7. The first-order valence-electron chi connectivity index (χ1n) is 8.23. The van der Waals surface area contributed by atoms with Crippen molar-refractivity contribution < 1.29 is 17.6 Å². The van der Waals surface area contributed by atoms with Gasteiger partial charge in [0.15, 0.2) is 0 Å². The molecule has 0 aliphatic carbocycles. The van der Waals surface area contributed by atoms with Gasteiger partial charge in [0.1, 0.15) is 0 Å². The van der Waals surface area contributed by atoms with Gasteiger partial charge in [-0.2, -0.15) is 0 Å². The topological polar surface area (TPSA) is 70.8 Å². The number of thiophene rings is 1. The molecule has 6 nitrogen and oxygen atoms in total. The molecule has 27 heavy (non-hydrogen) atoms. The SMILES string of the molecule is CN(C)S(=O)(=O)c1ccc(C(=O)N(Cc2ccoc2)Cc2cccs2)cc1. The lowest BCUT2D eigenvalue weighted by atomic mass is 10.2. The second-order valence-corrected chi connectivity index (χ2v) is 9.37. The van der Waals surface area contributed by atoms with E-state index in [1.54, 1.807) is 40.9 Å². The maximum Gasteiger partial charge on any atom is 0.254 e. The highest BCUT2D eigenvalue weighted by molar-refractivity contribution is 7.89. The lowest BCUT2D eigenvalue weighted by molar-refractivity contribution is 0.0731. The van der Waals surface area contributed by atoms with Gasteiger partial charge in [0.25, 0.3) is 5.91 Å². The molecule has 0 aliphatic rings. The minimum Gasteiger partial charge on any atom is -0.472 e. The van der Waals surface area contributed by atoms with Crippen LogP contribution in [0.2, 0.25) is 0 Å². The number of benzene rings is 1. The van der Waals surface area contributed by atoms with Crippen LogP contribution in [0, 0.1) is 0 Å². The first-order valence-corrected chi connectivity index (χ1v) is 10.6. The van der Waals surface area contributed by atoms with Crippen LogP contribution in [0.5, 0.6) is 0 Å². The molecule has 0 N–H and O–H groups in total. The third-order valence-electron chi connectivity index (χ3n) is 4.05. The van der Waals surface area contributed by atoms with Crippen LogP contribution in [0.1, 0.15) is 20.8 Å². The predicted octanol–water partition coefficient (Wildman–Crippen LogP) is 3.43. The Morgan fingerprint density at radius 2 is 1.81 bits per heavy atom. The summed E-state index contributed by atoms with van der Waals surface area (Å²) in [6.45, 7) is 0.879. The standard InChI is InChI=1S/C19H20N2O4S2/c1-20(2)27(23,24)18-7-5-16(6-8-18)19(22)21(12-15-9-10-25-14-15)13-17-4-3-11-26-17/h3-11,14H,12-13H2,1-2H3. The van der Waals surface area contributed by atoms with E-state index in [2.05, 4.69) is 0 Å². The van der Waals surface area contributed by atoms with Crippen LogP contribution in [0.25, 0.3) is 0 Å². The van der Waals surface area contributed by atoms with Gasteiger partial charge in [0.05, 0.1) is 24.0 Å². The van der Waals surface area contributed by atoms with E-state index in [0.717, 1.165) is 14.7 Å². The van der Waals surface area contributed by atoms with Crippen LogP contribution in [-0.4, -0.2) is 37.6 Å². The van der Waals surface area contributed by atoms with Crippen LogP contribution in [0.15, 0.2) is 69.7 Å². The van der Waals surface area contributed by atoms with E-state index in [4.69, 9.17) is 4.42 Å². The predicted molar refractivity (Wildman–Crippen MR) is 104 cm³/mol. The molecular weight excluding hydrogens is 384 g/mol. The molecule has 2 aromatic heterocycles. The summed E-state index contributed by atoms with van der Waals surface area (Å²) in [5.74, 6) is -0.168. The molecule has 1 aromatic carbocycles. The van der Waals surface area contributed by atoms with Gasteiger partial charge in [-0.1, -0.05) is 6.07 Å². The van der Waals surface area contributed by atoms with Crippen LogP contribution < -0.4 is 0 Å². The van der Waals surface area contributed by atoms with E-state index in [-0.39, 0.29) is 10.8 Å². The van der Waals surface area contributed by atoms with Crippen molar-refractivity contribution in [3.63, 3.8) is 0 Å². The summed E-state index contributed by atoms with van der Waals surface area (Å²) in [6.07, 6.45) is 3.19. The zero-order valence-electron chi connectivity index (χ0n) is 15.0. The monoisotopic (exact) mass is 404 g/mol. The minimum atomic E-state index is -3.52. The molecule has 0 saturated heterocycles. The quantitative estimate of drug-likeness (QED) is 0.605. The Kier molecular flexibility index (Phi) is 5.79. The molecule has 2 heterocycles. The molecule has 0 saturated carbocycles. The molecule has 1 amide bonds. The average molecular weight is 405 g/mol. The first-order chi connectivity index (χ1) is 12.9. The normalized spacial score (nSPS) is 11.7. The Morgan fingerprint density at radius 3 is 2.37 bits per heavy atom. The Balaban J connectivity index is 1.84. The summed E-state index contributed by atoms with van der Waals surface area (Å²) in [5, 5.41) is 1.97. The zero-order chi connectivity index (χ0) is 19.4. The molecule has 8 heteroatoms. The number of nitrogens with zero attached hydrogens (tertiary/aromatic N) is 2. The molecule has 0 aliphatic heterocycles. The van der Waals surface area contributed by atoms with E-state index in [0.29, 0.717) is 18.7 Å². The molecule has 3 aromatic rings. The number of hydrogen-bond donors (Lipinski definition) is 0. The van der Waals surface area contributed by atoms with Crippen LogP contribution >= 0.6 is 11.3 Å². The van der Waals surface area contributed by atoms with Gasteiger partial charge in [-0.05, 0) is 41.8 Å². The molecule has 0 radical (unpaired) electrons. The Hall–Kier alpha value is -2.42. The number of sulfonamides is 1. The second kappa shape index (κ2) is 8.08. The Labute approximate surface area is 162 Å². The molecule has 0 unspecified atom stereocenters. The first kappa shape index (κ1) is 19.3. The molecule has 0 atom stereocenters. The van der Waals surface area contributed by atoms with Gasteiger partial charge < -0.3 is 9.32 Å². The average Bonchev–Trinajstić information content (AvgIpc) is 3.34. The number of carbonyl (C=O) groups excluding carboxylic acids is 1. The van der Waals surface area contributed by atoms with E-state index < -0.39 is 10.0 Å². The number of carbonyl (C=O) groups is 1. The summed E-state index contributed by atoms with van der Waals surface area (Å²) in [4.78, 5) is 16.0. The molecule has 0 fully saturated rings. The largest absolute Gasteiger partial charge is 0.472 e. The van der Waals surface area contributed by atoms with Crippen molar-refractivity contribution in [1.29, 1.82) is 0 Å². The van der Waals surface area contributed by atoms with Gasteiger partial charge >= 0.3 is 0 Å². The van der Waals surface area contributed by atoms with Gasteiger partial charge in [-0.3, -0.25) is 4.79 Å². The summed E-state index contributed by atoms with van der Waals surface area (Å²) in [7, 11) is -0.575. The van der Waals surface area contributed by atoms with Crippen molar-refractivity contribution in [3.8, 4) is 0 Å². The van der Waals surface area contributed by atoms with E-state index in [9.17, 15) is 13.2 Å². The van der Waals surface area contributed by atoms with Gasteiger partial charge in [-0.15, -0.1) is 11.3 Å². The van der Waals surface area contributed by atoms with E-state index in [1.807, 2.05) is 23.6 Å². The Bertz CT molecular complexity index is 941. The third kappa shape index (κ3) is 4.47. The fraction of sp³-hybridized carbons (Fsp3) is 0.211. The van der Waals surface area contributed by atoms with Gasteiger partial charge in [0, 0.05) is 36.6 Å². The molecule has 0 bridgehead atoms. The fourth-order valence-electron chi connectivity index (χ4n) is 2.56. The number of amides is 1. The molecule has 0 spiro atoms. The van der Waals surface area contributed by atoms with Crippen LogP contribution in [0.4, 0.5) is 0 Å². The van der Waals surface area contributed by atoms with Crippen molar-refractivity contribution in [1.82, 2.24) is 9.21 Å². The van der Waals surface area contributed by atoms with E-state index in [1.165, 1.54) is 26.2 Å². The Morgan fingerprint density at radius 1 is 1.07 bits per heavy atom. The van der Waals surface area contributed by atoms with Crippen LogP contribution in [0.3, 0.4) is 0 Å². The molecule has 142 valence electrons. The van der Waals surface area contributed by atoms with Crippen molar-refractivity contribution in [2.45, 2.75) is 18.0 Å². The smallest absolute Gasteiger partial charge is 0.254 e. The summed E-state index contributed by atoms with van der Waals surface area (Å²) >= 11 is 1.58. The number of furan rings is 1. The van der Waals surface area contributed by atoms with Gasteiger partial charge in [-0.25, -0.2) is 12.7 Å². The lowest BCUT2D eigenvalue weighted by Gasteiger charge is -2.22. The van der Waals surface area contributed by atoms with Crippen molar-refractivity contribution in [2.75, 3.05) is 14.1 Å². The van der Waals surface area contributed by atoms with E-state index >= 15 is 0 Å². The minimum absolute atomic E-state index is 0.156. The summed E-state index contributed by atoms with van der Waals surface area (Å²) < 4.78 is 30.6. The number of hydrogen-bond acceptors (Lipinski definition) is 5. The fourth-order valence-corrected chi connectivity index (χ4v) is 4.18. The molecule has 3 rings (SSSR count). The summed E-state index contributed by atoms with van der Waals surface area (Å²) in [6, 6.07) is 11.8. The highest BCUT2D eigenvalue weighted by Crippen LogP contribution is 2.19. The number of rotatable bonds is 7. The van der Waals surface area contributed by atoms with Crippen molar-refractivity contribution in [2.24, 2.45) is 0 Å².